The van der Waals surface area contributed by atoms with Crippen molar-refractivity contribution in [2.75, 3.05) is 26.2 Å². The highest BCUT2D eigenvalue weighted by molar-refractivity contribution is 4.79. The summed E-state index contributed by atoms with van der Waals surface area (Å²) in [4.78, 5) is 2.38. The first-order valence-electron chi connectivity index (χ1n) is 4.87. The van der Waals surface area contributed by atoms with Gasteiger partial charge in [-0.15, -0.1) is 0 Å². The predicted octanol–water partition coefficient (Wildman–Crippen LogP) is 0.0510. The van der Waals surface area contributed by atoms with Crippen molar-refractivity contribution in [1.29, 1.82) is 0 Å². The zero-order valence-corrected chi connectivity index (χ0v) is 8.08. The second-order valence-electron chi connectivity index (χ2n) is 3.61. The maximum absolute atomic E-state index is 9.26. The third kappa shape index (κ3) is 2.73. The number of aliphatic hydroxyl groups is 1. The van der Waals surface area contributed by atoms with Crippen molar-refractivity contribution < 1.29 is 5.11 Å². The van der Waals surface area contributed by atoms with Gasteiger partial charge in [0.2, 0.25) is 0 Å². The van der Waals surface area contributed by atoms with Crippen molar-refractivity contribution in [3.8, 4) is 0 Å². The van der Waals surface area contributed by atoms with E-state index in [4.69, 9.17) is 0 Å². The van der Waals surface area contributed by atoms with E-state index in [-0.39, 0.29) is 6.10 Å². The minimum absolute atomic E-state index is 0.197. The van der Waals surface area contributed by atoms with Crippen LogP contribution in [0, 0.1) is 0 Å². The Balaban J connectivity index is 2.36. The molecule has 1 aliphatic heterocycles. The molecule has 0 aromatic heterocycles. The molecule has 1 rings (SSSR count). The van der Waals surface area contributed by atoms with Crippen LogP contribution in [0.4, 0.5) is 0 Å². The van der Waals surface area contributed by atoms with Crippen LogP contribution in [0.3, 0.4) is 0 Å². The normalized spacial score (nSPS) is 28.8. The van der Waals surface area contributed by atoms with E-state index < -0.39 is 0 Å². The van der Waals surface area contributed by atoms with Crippen molar-refractivity contribution in [1.82, 2.24) is 10.2 Å². The Bertz CT molecular complexity index is 128. The fraction of sp³-hybridized carbons (Fsp3) is 1.00. The fourth-order valence-electron chi connectivity index (χ4n) is 1.79. The quantitative estimate of drug-likeness (QED) is 0.631. The van der Waals surface area contributed by atoms with E-state index in [0.29, 0.717) is 6.04 Å². The molecule has 3 nitrogen and oxygen atoms in total. The summed E-state index contributed by atoms with van der Waals surface area (Å²) >= 11 is 0. The smallest absolute Gasteiger partial charge is 0.0639 e. The molecule has 12 heavy (non-hydrogen) atoms. The van der Waals surface area contributed by atoms with E-state index in [9.17, 15) is 5.11 Å². The summed E-state index contributed by atoms with van der Waals surface area (Å²) in [5.74, 6) is 0. The second kappa shape index (κ2) is 4.80. The van der Waals surface area contributed by atoms with Crippen molar-refractivity contribution in [3.05, 3.63) is 0 Å². The summed E-state index contributed by atoms with van der Waals surface area (Å²) in [5, 5.41) is 12.6. The van der Waals surface area contributed by atoms with Crippen LogP contribution < -0.4 is 5.32 Å². The Morgan fingerprint density at radius 1 is 1.67 bits per heavy atom. The average Bonchev–Trinajstić information content (AvgIpc) is 2.04. The number of β-amino-alcohol motifs (C(OH)–C–C–N with tert-alkyl or cyclic N) is 1. The first-order chi connectivity index (χ1) is 5.74. The first kappa shape index (κ1) is 9.96. The minimum atomic E-state index is -0.197. The predicted molar refractivity (Wildman–Crippen MR) is 50.2 cm³/mol. The molecule has 1 saturated heterocycles. The van der Waals surface area contributed by atoms with Gasteiger partial charge in [-0.1, -0.05) is 6.92 Å². The Labute approximate surface area is 74.8 Å². The maximum Gasteiger partial charge on any atom is 0.0639 e. The molecule has 0 radical (unpaired) electrons. The van der Waals surface area contributed by atoms with E-state index in [1.165, 1.54) is 6.42 Å². The number of hydrogen-bond acceptors (Lipinski definition) is 3. The lowest BCUT2D eigenvalue weighted by molar-refractivity contribution is 0.0819. The Kier molecular flexibility index (Phi) is 3.98. The lowest BCUT2D eigenvalue weighted by atomic mass is 10.1. The summed E-state index contributed by atoms with van der Waals surface area (Å²) in [6.45, 7) is 8.08. The highest BCUT2D eigenvalue weighted by atomic mass is 16.3. The zero-order valence-electron chi connectivity index (χ0n) is 8.08. The number of hydrogen-bond donors (Lipinski definition) is 2. The number of nitrogens with one attached hydrogen (secondary N) is 1. The molecular weight excluding hydrogens is 152 g/mol. The van der Waals surface area contributed by atoms with Gasteiger partial charge < -0.3 is 10.4 Å². The molecule has 72 valence electrons. The highest BCUT2D eigenvalue weighted by Gasteiger charge is 2.20. The van der Waals surface area contributed by atoms with Crippen LogP contribution >= 0.6 is 0 Å². The van der Waals surface area contributed by atoms with Gasteiger partial charge in [-0.25, -0.2) is 0 Å². The highest BCUT2D eigenvalue weighted by Crippen LogP contribution is 2.07. The molecule has 1 fully saturated rings. The third-order valence-corrected chi connectivity index (χ3v) is 2.44. The standard InChI is InChI=1S/C9H20N2O/c1-3-9-6-10-4-5-11(9)7-8(2)12/h8-10,12H,3-7H2,1-2H3/t8-,9+/m1/s1. The van der Waals surface area contributed by atoms with Crippen molar-refractivity contribution in [2.45, 2.75) is 32.4 Å². The summed E-state index contributed by atoms with van der Waals surface area (Å²) < 4.78 is 0. The molecule has 0 saturated carbocycles. The molecule has 0 unspecified atom stereocenters. The number of aliphatic hydroxyl groups excluding tert-OH is 1. The topological polar surface area (TPSA) is 35.5 Å². The molecule has 0 aromatic carbocycles. The van der Waals surface area contributed by atoms with E-state index >= 15 is 0 Å². The summed E-state index contributed by atoms with van der Waals surface area (Å²) in [7, 11) is 0. The molecule has 0 spiro atoms. The van der Waals surface area contributed by atoms with E-state index in [1.54, 1.807) is 0 Å². The van der Waals surface area contributed by atoms with Crippen LogP contribution in [0.2, 0.25) is 0 Å². The Morgan fingerprint density at radius 3 is 3.00 bits per heavy atom. The molecule has 2 N–H and O–H groups in total. The van der Waals surface area contributed by atoms with Crippen LogP contribution in [0.1, 0.15) is 20.3 Å². The Hall–Kier alpha value is -0.120. The second-order valence-corrected chi connectivity index (χ2v) is 3.61. The molecular formula is C9H20N2O. The first-order valence-corrected chi connectivity index (χ1v) is 4.87. The lowest BCUT2D eigenvalue weighted by Gasteiger charge is -2.36. The monoisotopic (exact) mass is 172 g/mol. The van der Waals surface area contributed by atoms with Gasteiger partial charge in [0.25, 0.3) is 0 Å². The van der Waals surface area contributed by atoms with Crippen LogP contribution in [-0.2, 0) is 0 Å². The largest absolute Gasteiger partial charge is 0.392 e. The van der Waals surface area contributed by atoms with Crippen LogP contribution in [0.25, 0.3) is 0 Å². The Morgan fingerprint density at radius 2 is 2.42 bits per heavy atom. The zero-order chi connectivity index (χ0) is 8.97. The molecule has 1 aliphatic rings. The molecule has 0 bridgehead atoms. The molecule has 3 heteroatoms. The average molecular weight is 172 g/mol. The van der Waals surface area contributed by atoms with E-state index in [0.717, 1.165) is 26.2 Å². The maximum atomic E-state index is 9.26. The minimum Gasteiger partial charge on any atom is -0.392 e. The molecule has 1 heterocycles. The molecule has 0 amide bonds. The van der Waals surface area contributed by atoms with Crippen molar-refractivity contribution in [3.63, 3.8) is 0 Å². The van der Waals surface area contributed by atoms with Crippen LogP contribution in [-0.4, -0.2) is 48.3 Å². The van der Waals surface area contributed by atoms with Gasteiger partial charge in [0, 0.05) is 32.2 Å². The van der Waals surface area contributed by atoms with Gasteiger partial charge in [0.15, 0.2) is 0 Å². The third-order valence-electron chi connectivity index (χ3n) is 2.44. The molecule has 0 aromatic rings. The van der Waals surface area contributed by atoms with Gasteiger partial charge in [-0.05, 0) is 13.3 Å². The number of rotatable bonds is 3. The van der Waals surface area contributed by atoms with Gasteiger partial charge in [-0.3, -0.25) is 4.90 Å². The van der Waals surface area contributed by atoms with Crippen LogP contribution in [0.15, 0.2) is 0 Å². The van der Waals surface area contributed by atoms with Crippen LogP contribution in [0.5, 0.6) is 0 Å². The van der Waals surface area contributed by atoms with Gasteiger partial charge in [-0.2, -0.15) is 0 Å². The van der Waals surface area contributed by atoms with Gasteiger partial charge in [0.05, 0.1) is 6.10 Å². The summed E-state index contributed by atoms with van der Waals surface area (Å²) in [5.41, 5.74) is 0. The summed E-state index contributed by atoms with van der Waals surface area (Å²) in [6.07, 6.45) is 0.969. The van der Waals surface area contributed by atoms with E-state index in [2.05, 4.69) is 17.1 Å². The lowest BCUT2D eigenvalue weighted by Crippen LogP contribution is -2.52. The summed E-state index contributed by atoms with van der Waals surface area (Å²) in [6, 6.07) is 0.619. The fourth-order valence-corrected chi connectivity index (χ4v) is 1.79. The van der Waals surface area contributed by atoms with Gasteiger partial charge >= 0.3 is 0 Å². The molecule has 0 aliphatic carbocycles. The SMILES string of the molecule is CC[C@H]1CNCCN1C[C@@H](C)O. The molecule has 2 atom stereocenters. The van der Waals surface area contributed by atoms with E-state index in [1.807, 2.05) is 6.92 Å². The number of nitrogens with zero attached hydrogens (tertiary/aromatic N) is 1. The number of piperazine rings is 1. The van der Waals surface area contributed by atoms with Crippen molar-refractivity contribution in [2.24, 2.45) is 0 Å². The van der Waals surface area contributed by atoms with Crippen molar-refractivity contribution >= 4 is 0 Å². The van der Waals surface area contributed by atoms with Gasteiger partial charge in [0.1, 0.15) is 0 Å².